The van der Waals surface area contributed by atoms with Crippen molar-refractivity contribution in [3.8, 4) is 0 Å². The highest BCUT2D eigenvalue weighted by atomic mass is 16.6. The minimum atomic E-state index is -0.285. The molecule has 1 heterocycles. The molecular weight excluding hydrogens is 240 g/mol. The summed E-state index contributed by atoms with van der Waals surface area (Å²) in [4.78, 5) is 0. The van der Waals surface area contributed by atoms with Crippen LogP contribution in [0.1, 0.15) is 46.5 Å². The predicted octanol–water partition coefficient (Wildman–Crippen LogP) is 2.92. The van der Waals surface area contributed by atoms with Crippen molar-refractivity contribution in [1.29, 1.82) is 0 Å². The number of methoxy groups -OCH3 is 1. The van der Waals surface area contributed by atoms with Crippen molar-refractivity contribution in [2.24, 2.45) is 11.8 Å². The average Bonchev–Trinajstić information content (AvgIpc) is 3.07. The Kier molecular flexibility index (Phi) is 4.70. The zero-order chi connectivity index (χ0) is 14.0. The first kappa shape index (κ1) is 15.0. The van der Waals surface area contributed by atoms with Crippen LogP contribution in [0.3, 0.4) is 0 Å². The molecule has 4 atom stereocenters. The van der Waals surface area contributed by atoms with Crippen LogP contribution in [-0.4, -0.2) is 36.6 Å². The molecule has 2 aliphatic rings. The number of ether oxygens (including phenoxy) is 2. The highest BCUT2D eigenvalue weighted by Gasteiger charge is 2.58. The van der Waals surface area contributed by atoms with Gasteiger partial charge < -0.3 is 14.6 Å². The van der Waals surface area contributed by atoms with Crippen molar-refractivity contribution in [2.45, 2.75) is 64.3 Å². The van der Waals surface area contributed by atoms with Crippen molar-refractivity contribution in [1.82, 2.24) is 0 Å². The predicted molar refractivity (Wildman–Crippen MR) is 76.0 cm³/mol. The Morgan fingerprint density at radius 2 is 2.21 bits per heavy atom. The van der Waals surface area contributed by atoms with E-state index in [2.05, 4.69) is 26.8 Å². The first-order valence-corrected chi connectivity index (χ1v) is 7.50. The molecule has 0 unspecified atom stereocenters. The van der Waals surface area contributed by atoms with Gasteiger partial charge in [-0.15, -0.1) is 0 Å². The molecule has 1 saturated heterocycles. The van der Waals surface area contributed by atoms with Crippen LogP contribution in [0.15, 0.2) is 11.6 Å². The fourth-order valence-electron chi connectivity index (χ4n) is 3.45. The third-order valence-electron chi connectivity index (χ3n) is 4.54. The zero-order valence-corrected chi connectivity index (χ0v) is 12.7. The molecule has 3 heteroatoms. The van der Waals surface area contributed by atoms with Crippen molar-refractivity contribution in [3.05, 3.63) is 11.6 Å². The molecule has 0 bridgehead atoms. The second-order valence-electron chi connectivity index (χ2n) is 6.62. The molecule has 0 aromatic carbocycles. The van der Waals surface area contributed by atoms with E-state index in [0.29, 0.717) is 5.92 Å². The van der Waals surface area contributed by atoms with Gasteiger partial charge in [0.1, 0.15) is 5.60 Å². The minimum absolute atomic E-state index is 0.0848. The van der Waals surface area contributed by atoms with Gasteiger partial charge in [0.15, 0.2) is 0 Å². The molecule has 0 radical (unpaired) electrons. The molecule has 2 fully saturated rings. The summed E-state index contributed by atoms with van der Waals surface area (Å²) in [5, 5.41) is 9.96. The van der Waals surface area contributed by atoms with E-state index in [4.69, 9.17) is 9.47 Å². The van der Waals surface area contributed by atoms with Gasteiger partial charge in [-0.05, 0) is 25.7 Å². The lowest BCUT2D eigenvalue weighted by molar-refractivity contribution is -0.0523. The number of hydrogen-bond donors (Lipinski definition) is 1. The number of allylic oxidation sites excluding steroid dienone is 1. The van der Waals surface area contributed by atoms with Crippen molar-refractivity contribution in [3.63, 3.8) is 0 Å². The van der Waals surface area contributed by atoms with E-state index < -0.39 is 0 Å². The second kappa shape index (κ2) is 5.94. The van der Waals surface area contributed by atoms with E-state index in [1.807, 2.05) is 0 Å². The molecule has 110 valence electrons. The zero-order valence-electron chi connectivity index (χ0n) is 12.7. The largest absolute Gasteiger partial charge is 0.393 e. The molecule has 0 amide bonds. The third kappa shape index (κ3) is 3.39. The maximum absolute atomic E-state index is 9.96. The molecule has 1 aliphatic heterocycles. The Morgan fingerprint density at radius 1 is 1.53 bits per heavy atom. The lowest BCUT2D eigenvalue weighted by Gasteiger charge is -2.39. The Labute approximate surface area is 117 Å². The van der Waals surface area contributed by atoms with Gasteiger partial charge in [-0.3, -0.25) is 0 Å². The maximum Gasteiger partial charge on any atom is 0.103 e. The smallest absolute Gasteiger partial charge is 0.103 e. The molecule has 3 nitrogen and oxygen atoms in total. The normalized spacial score (nSPS) is 39.1. The lowest BCUT2D eigenvalue weighted by atomic mass is 9.72. The number of aliphatic hydroxyl groups is 1. The van der Waals surface area contributed by atoms with Gasteiger partial charge in [0.2, 0.25) is 0 Å². The van der Waals surface area contributed by atoms with Gasteiger partial charge in [0.05, 0.1) is 18.8 Å². The molecule has 0 aromatic rings. The van der Waals surface area contributed by atoms with Crippen LogP contribution in [-0.2, 0) is 9.47 Å². The van der Waals surface area contributed by atoms with Crippen molar-refractivity contribution < 1.29 is 14.6 Å². The first-order chi connectivity index (χ1) is 8.98. The third-order valence-corrected chi connectivity index (χ3v) is 4.54. The van der Waals surface area contributed by atoms with E-state index in [0.717, 1.165) is 31.8 Å². The van der Waals surface area contributed by atoms with Gasteiger partial charge in [0, 0.05) is 25.9 Å². The Morgan fingerprint density at radius 3 is 2.74 bits per heavy atom. The van der Waals surface area contributed by atoms with Gasteiger partial charge in [-0.1, -0.05) is 25.5 Å². The van der Waals surface area contributed by atoms with Crippen LogP contribution < -0.4 is 0 Å². The summed E-state index contributed by atoms with van der Waals surface area (Å²) < 4.78 is 11.3. The van der Waals surface area contributed by atoms with E-state index >= 15 is 0 Å². The molecule has 1 aliphatic carbocycles. The van der Waals surface area contributed by atoms with Crippen LogP contribution in [0, 0.1) is 11.8 Å². The molecule has 2 rings (SSSR count). The number of rotatable bonds is 5. The van der Waals surface area contributed by atoms with Crippen LogP contribution in [0.5, 0.6) is 0 Å². The summed E-state index contributed by atoms with van der Waals surface area (Å²) >= 11 is 0. The highest BCUT2D eigenvalue weighted by molar-refractivity contribution is 5.20. The summed E-state index contributed by atoms with van der Waals surface area (Å²) in [6, 6.07) is 0. The van der Waals surface area contributed by atoms with Crippen molar-refractivity contribution in [2.75, 3.05) is 13.7 Å². The van der Waals surface area contributed by atoms with Crippen LogP contribution >= 0.6 is 0 Å². The summed E-state index contributed by atoms with van der Waals surface area (Å²) in [5.41, 5.74) is 1.23. The molecule has 1 spiro atoms. The van der Waals surface area contributed by atoms with Gasteiger partial charge >= 0.3 is 0 Å². The van der Waals surface area contributed by atoms with Crippen LogP contribution in [0.4, 0.5) is 0 Å². The van der Waals surface area contributed by atoms with Gasteiger partial charge in [-0.25, -0.2) is 0 Å². The van der Waals surface area contributed by atoms with E-state index in [-0.39, 0.29) is 17.8 Å². The SMILES string of the molecule is CO[C@H]1C[C@H](O)C[C@]2(CO2)[C@H]1C(C)=CCCC(C)C. The summed E-state index contributed by atoms with van der Waals surface area (Å²) in [5.74, 6) is 1.05. The van der Waals surface area contributed by atoms with Gasteiger partial charge in [0.25, 0.3) is 0 Å². The Hall–Kier alpha value is -0.380. The number of hydrogen-bond acceptors (Lipinski definition) is 3. The van der Waals surface area contributed by atoms with E-state index in [1.54, 1.807) is 7.11 Å². The first-order valence-electron chi connectivity index (χ1n) is 7.50. The monoisotopic (exact) mass is 268 g/mol. The summed E-state index contributed by atoms with van der Waals surface area (Å²) in [6.45, 7) is 7.47. The summed E-state index contributed by atoms with van der Waals surface area (Å²) in [6.07, 6.45) is 5.97. The molecule has 19 heavy (non-hydrogen) atoms. The Balaban J connectivity index is 2.06. The fourth-order valence-corrected chi connectivity index (χ4v) is 3.45. The second-order valence-corrected chi connectivity index (χ2v) is 6.62. The lowest BCUT2D eigenvalue weighted by Crippen LogP contribution is -2.46. The van der Waals surface area contributed by atoms with E-state index in [9.17, 15) is 5.11 Å². The van der Waals surface area contributed by atoms with Crippen molar-refractivity contribution >= 4 is 0 Å². The maximum atomic E-state index is 9.96. The average molecular weight is 268 g/mol. The van der Waals surface area contributed by atoms with Crippen LogP contribution in [0.2, 0.25) is 0 Å². The highest BCUT2D eigenvalue weighted by Crippen LogP contribution is 2.50. The van der Waals surface area contributed by atoms with E-state index in [1.165, 1.54) is 12.0 Å². The molecule has 0 aromatic heterocycles. The number of epoxide rings is 1. The molecule has 1 N–H and O–H groups in total. The molecular formula is C16H28O3. The van der Waals surface area contributed by atoms with Crippen LogP contribution in [0.25, 0.3) is 0 Å². The quantitative estimate of drug-likeness (QED) is 0.616. The van der Waals surface area contributed by atoms with Gasteiger partial charge in [-0.2, -0.15) is 0 Å². The molecule has 1 saturated carbocycles. The minimum Gasteiger partial charge on any atom is -0.393 e. The number of aliphatic hydroxyl groups excluding tert-OH is 1. The summed E-state index contributed by atoms with van der Waals surface area (Å²) in [7, 11) is 1.74. The fraction of sp³-hybridized carbons (Fsp3) is 0.875. The standard InChI is InChI=1S/C16H28O3/c1-11(2)6-5-7-12(3)15-14(18-4)8-13(17)9-16(15)10-19-16/h7,11,13-15,17H,5-6,8-10H2,1-4H3/t13-,14-,15-,16-/m0/s1. The Bertz CT molecular complexity index is 331. The topological polar surface area (TPSA) is 42.0 Å².